The first-order valence-electron chi connectivity index (χ1n) is 8.41. The molecule has 0 fully saturated rings. The molecule has 4 nitrogen and oxygen atoms in total. The number of benzene rings is 1. The number of hydrogen-bond acceptors (Lipinski definition) is 4. The molecule has 1 aliphatic heterocycles. The van der Waals surface area contributed by atoms with Gasteiger partial charge >= 0.3 is 0 Å². The SMILES string of the molecule is Cc1ccc([C@@H]2c3c(C)noc3NC3=CC(C)(C)CC(=O)[C@H]32)cc1. The van der Waals surface area contributed by atoms with Crippen LogP contribution in [0, 0.1) is 25.2 Å². The molecule has 1 N–H and O–H groups in total. The Morgan fingerprint density at radius 3 is 2.58 bits per heavy atom. The predicted molar refractivity (Wildman–Crippen MR) is 92.9 cm³/mol. The van der Waals surface area contributed by atoms with Crippen molar-refractivity contribution >= 4 is 11.7 Å². The standard InChI is InChI=1S/C20H22N2O2/c1-11-5-7-13(8-6-11)17-16-12(2)22-24-19(16)21-14-9-20(3,4)10-15(23)18(14)17/h5-9,17-18,21H,10H2,1-4H3/t17-,18+/m1/s1. The molecular weight excluding hydrogens is 300 g/mol. The third-order valence-electron chi connectivity index (χ3n) is 5.10. The minimum absolute atomic E-state index is 0.0389. The zero-order valence-corrected chi connectivity index (χ0v) is 14.5. The highest BCUT2D eigenvalue weighted by Gasteiger charge is 2.45. The summed E-state index contributed by atoms with van der Waals surface area (Å²) in [5, 5.41) is 7.46. The van der Waals surface area contributed by atoms with E-state index in [0.717, 1.165) is 22.5 Å². The average molecular weight is 322 g/mol. The van der Waals surface area contributed by atoms with Crippen LogP contribution in [0.15, 0.2) is 40.6 Å². The summed E-state index contributed by atoms with van der Waals surface area (Å²) in [6.07, 6.45) is 2.74. The number of anilines is 1. The van der Waals surface area contributed by atoms with Gasteiger partial charge in [-0.25, -0.2) is 0 Å². The highest BCUT2D eigenvalue weighted by Crippen LogP contribution is 2.50. The van der Waals surface area contributed by atoms with Gasteiger partial charge in [0.1, 0.15) is 5.78 Å². The largest absolute Gasteiger partial charge is 0.338 e. The lowest BCUT2D eigenvalue weighted by atomic mass is 9.67. The Morgan fingerprint density at radius 1 is 1.17 bits per heavy atom. The molecule has 2 atom stereocenters. The van der Waals surface area contributed by atoms with Gasteiger partial charge in [-0.1, -0.05) is 54.9 Å². The molecule has 0 saturated carbocycles. The maximum Gasteiger partial charge on any atom is 0.232 e. The Balaban J connectivity index is 1.93. The van der Waals surface area contributed by atoms with Gasteiger partial charge in [-0.2, -0.15) is 0 Å². The number of nitrogens with zero attached hydrogens (tertiary/aromatic N) is 1. The van der Waals surface area contributed by atoms with Gasteiger partial charge in [0.05, 0.1) is 11.6 Å². The van der Waals surface area contributed by atoms with Gasteiger partial charge in [-0.05, 0) is 24.8 Å². The Kier molecular flexibility index (Phi) is 3.21. The molecule has 24 heavy (non-hydrogen) atoms. The van der Waals surface area contributed by atoms with Crippen LogP contribution >= 0.6 is 0 Å². The molecule has 2 aromatic rings. The molecular formula is C20H22N2O2. The summed E-state index contributed by atoms with van der Waals surface area (Å²) in [4.78, 5) is 13.0. The zero-order chi connectivity index (χ0) is 17.1. The number of hydrogen-bond donors (Lipinski definition) is 1. The first-order valence-corrected chi connectivity index (χ1v) is 8.41. The number of allylic oxidation sites excluding steroid dienone is 2. The summed E-state index contributed by atoms with van der Waals surface area (Å²) in [5.41, 5.74) is 5.01. The van der Waals surface area contributed by atoms with E-state index in [4.69, 9.17) is 4.52 Å². The molecule has 1 aromatic heterocycles. The highest BCUT2D eigenvalue weighted by atomic mass is 16.5. The lowest BCUT2D eigenvalue weighted by molar-refractivity contribution is -0.124. The monoisotopic (exact) mass is 322 g/mol. The Morgan fingerprint density at radius 2 is 1.88 bits per heavy atom. The van der Waals surface area contributed by atoms with E-state index in [1.165, 1.54) is 5.56 Å². The van der Waals surface area contributed by atoms with Crippen molar-refractivity contribution < 1.29 is 9.32 Å². The van der Waals surface area contributed by atoms with Gasteiger partial charge in [0.2, 0.25) is 5.88 Å². The average Bonchev–Trinajstić information content (AvgIpc) is 2.86. The second-order valence-corrected chi connectivity index (χ2v) is 7.73. The normalized spacial score (nSPS) is 24.7. The van der Waals surface area contributed by atoms with E-state index < -0.39 is 0 Å². The molecule has 2 aliphatic rings. The van der Waals surface area contributed by atoms with Crippen molar-refractivity contribution in [3.63, 3.8) is 0 Å². The second kappa shape index (κ2) is 5.07. The highest BCUT2D eigenvalue weighted by molar-refractivity contribution is 5.90. The molecule has 0 bridgehead atoms. The van der Waals surface area contributed by atoms with Crippen LogP contribution in [-0.2, 0) is 4.79 Å². The van der Waals surface area contributed by atoms with E-state index >= 15 is 0 Å². The van der Waals surface area contributed by atoms with Crippen LogP contribution in [0.3, 0.4) is 0 Å². The third kappa shape index (κ3) is 2.29. The summed E-state index contributed by atoms with van der Waals surface area (Å²) >= 11 is 0. The minimum atomic E-state index is -0.189. The van der Waals surface area contributed by atoms with E-state index in [-0.39, 0.29) is 23.0 Å². The molecule has 0 spiro atoms. The molecule has 1 aliphatic carbocycles. The van der Waals surface area contributed by atoms with Gasteiger partial charge < -0.3 is 9.84 Å². The second-order valence-electron chi connectivity index (χ2n) is 7.73. The lowest BCUT2D eigenvalue weighted by Crippen LogP contribution is -2.38. The van der Waals surface area contributed by atoms with E-state index in [1.807, 2.05) is 6.92 Å². The fraction of sp³-hybridized carbons (Fsp3) is 0.400. The predicted octanol–water partition coefficient (Wildman–Crippen LogP) is 4.35. The molecule has 4 heteroatoms. The van der Waals surface area contributed by atoms with Gasteiger partial charge in [-0.3, -0.25) is 4.79 Å². The van der Waals surface area contributed by atoms with Crippen LogP contribution in [-0.4, -0.2) is 10.9 Å². The van der Waals surface area contributed by atoms with Crippen LogP contribution in [0.5, 0.6) is 0 Å². The van der Waals surface area contributed by atoms with Crippen LogP contribution in [0.2, 0.25) is 0 Å². The molecule has 0 saturated heterocycles. The Bertz CT molecular complexity index is 843. The van der Waals surface area contributed by atoms with Gasteiger partial charge in [0.15, 0.2) is 0 Å². The fourth-order valence-corrected chi connectivity index (χ4v) is 4.04. The minimum Gasteiger partial charge on any atom is -0.338 e. The van der Waals surface area contributed by atoms with Crippen molar-refractivity contribution in [3.8, 4) is 0 Å². The van der Waals surface area contributed by atoms with Crippen LogP contribution in [0.25, 0.3) is 0 Å². The molecule has 124 valence electrons. The quantitative estimate of drug-likeness (QED) is 0.848. The maximum atomic E-state index is 13.0. The Hall–Kier alpha value is -2.36. The molecule has 0 radical (unpaired) electrons. The van der Waals surface area contributed by atoms with E-state index in [1.54, 1.807) is 0 Å². The van der Waals surface area contributed by atoms with Crippen molar-refractivity contribution in [2.45, 2.75) is 40.0 Å². The van der Waals surface area contributed by atoms with Gasteiger partial charge in [-0.15, -0.1) is 0 Å². The van der Waals surface area contributed by atoms with E-state index in [0.29, 0.717) is 12.3 Å². The molecule has 0 amide bonds. The third-order valence-corrected chi connectivity index (χ3v) is 5.10. The number of rotatable bonds is 1. The number of Topliss-reactive ketones (excluding diaryl/α,β-unsaturated/α-hetero) is 1. The van der Waals surface area contributed by atoms with Crippen LogP contribution in [0.4, 0.5) is 5.88 Å². The molecule has 2 heterocycles. The van der Waals surface area contributed by atoms with Gasteiger partial charge in [0.25, 0.3) is 0 Å². The number of fused-ring (bicyclic) bond motifs is 2. The van der Waals surface area contributed by atoms with Crippen molar-refractivity contribution in [3.05, 3.63) is 58.4 Å². The Labute approximate surface area is 141 Å². The van der Waals surface area contributed by atoms with Gasteiger partial charge in [0, 0.05) is 23.6 Å². The van der Waals surface area contributed by atoms with Crippen molar-refractivity contribution in [1.82, 2.24) is 5.16 Å². The molecule has 4 rings (SSSR count). The topological polar surface area (TPSA) is 55.1 Å². The molecule has 1 aromatic carbocycles. The van der Waals surface area contributed by atoms with E-state index in [9.17, 15) is 4.79 Å². The number of aryl methyl sites for hydroxylation is 2. The lowest BCUT2D eigenvalue weighted by Gasteiger charge is -2.39. The fourth-order valence-electron chi connectivity index (χ4n) is 4.04. The first kappa shape index (κ1) is 15.2. The maximum absolute atomic E-state index is 13.0. The van der Waals surface area contributed by atoms with Crippen molar-refractivity contribution in [2.75, 3.05) is 5.32 Å². The van der Waals surface area contributed by atoms with Crippen molar-refractivity contribution in [2.24, 2.45) is 11.3 Å². The first-order chi connectivity index (χ1) is 11.4. The summed E-state index contributed by atoms with van der Waals surface area (Å²) in [7, 11) is 0. The zero-order valence-electron chi connectivity index (χ0n) is 14.5. The van der Waals surface area contributed by atoms with Crippen LogP contribution < -0.4 is 5.32 Å². The van der Waals surface area contributed by atoms with Crippen LogP contribution in [0.1, 0.15) is 48.6 Å². The van der Waals surface area contributed by atoms with E-state index in [2.05, 4.69) is 61.6 Å². The molecule has 0 unspecified atom stereocenters. The summed E-state index contributed by atoms with van der Waals surface area (Å²) < 4.78 is 5.50. The van der Waals surface area contributed by atoms with Crippen molar-refractivity contribution in [1.29, 1.82) is 0 Å². The number of carbonyl (C=O) groups is 1. The number of ketones is 1. The summed E-state index contributed by atoms with van der Waals surface area (Å²) in [5.74, 6) is 0.724. The number of nitrogens with one attached hydrogen (secondary N) is 1. The number of carbonyl (C=O) groups excluding carboxylic acids is 1. The summed E-state index contributed by atoms with van der Waals surface area (Å²) in [6, 6.07) is 8.43. The summed E-state index contributed by atoms with van der Waals surface area (Å²) in [6.45, 7) is 8.20. The smallest absolute Gasteiger partial charge is 0.232 e. The number of aromatic nitrogens is 1.